The lowest BCUT2D eigenvalue weighted by Crippen LogP contribution is -2.19. The minimum atomic E-state index is -4.61. The first-order valence-electron chi connectivity index (χ1n) is 6.90. The van der Waals surface area contributed by atoms with Crippen molar-refractivity contribution in [2.24, 2.45) is 0 Å². The van der Waals surface area contributed by atoms with E-state index >= 15 is 0 Å². The molecule has 8 heteroatoms. The Bertz CT molecular complexity index is 860. The van der Waals surface area contributed by atoms with Gasteiger partial charge in [0.25, 0.3) is 5.91 Å². The van der Waals surface area contributed by atoms with Gasteiger partial charge in [0.2, 0.25) is 0 Å². The fourth-order valence-corrected chi connectivity index (χ4v) is 2.23. The van der Waals surface area contributed by atoms with E-state index < -0.39 is 23.2 Å². The van der Waals surface area contributed by atoms with Gasteiger partial charge in [0.05, 0.1) is 34.9 Å². The van der Waals surface area contributed by atoms with Gasteiger partial charge in [-0.1, -0.05) is 29.5 Å². The third kappa shape index (κ3) is 3.12. The second kappa shape index (κ2) is 6.15. The van der Waals surface area contributed by atoms with E-state index in [-0.39, 0.29) is 0 Å². The molecule has 5 nitrogen and oxygen atoms in total. The highest BCUT2D eigenvalue weighted by Crippen LogP contribution is 2.32. The smallest absolute Gasteiger partial charge is 0.320 e. The maximum atomic E-state index is 13.0. The van der Waals surface area contributed by atoms with E-state index in [9.17, 15) is 18.0 Å². The summed E-state index contributed by atoms with van der Waals surface area (Å²) in [6.45, 7) is 0. The molecule has 0 spiro atoms. The Morgan fingerprint density at radius 2 is 1.75 bits per heavy atom. The molecule has 0 saturated carbocycles. The number of anilines is 1. The predicted molar refractivity (Wildman–Crippen MR) is 80.8 cm³/mol. The number of alkyl halides is 3. The molecule has 1 amide bonds. The molecule has 2 aromatic carbocycles. The van der Waals surface area contributed by atoms with Crippen molar-refractivity contribution in [2.75, 3.05) is 5.32 Å². The first-order chi connectivity index (χ1) is 11.5. The number of hydrogen-bond acceptors (Lipinski definition) is 3. The van der Waals surface area contributed by atoms with Crippen LogP contribution >= 0.6 is 0 Å². The molecular weight excluding hydrogens is 321 g/mol. The molecule has 0 aliphatic rings. The summed E-state index contributed by atoms with van der Waals surface area (Å²) in [4.78, 5) is 12.3. The van der Waals surface area contributed by atoms with Gasteiger partial charge in [0.1, 0.15) is 0 Å². The van der Waals surface area contributed by atoms with Crippen molar-refractivity contribution in [3.05, 3.63) is 72.1 Å². The van der Waals surface area contributed by atoms with E-state index in [1.54, 1.807) is 30.5 Å². The van der Waals surface area contributed by atoms with Gasteiger partial charge in [0.15, 0.2) is 0 Å². The zero-order valence-corrected chi connectivity index (χ0v) is 12.2. The molecule has 0 bridgehead atoms. The molecule has 0 radical (unpaired) electrons. The van der Waals surface area contributed by atoms with Crippen molar-refractivity contribution >= 4 is 11.6 Å². The monoisotopic (exact) mass is 332 g/mol. The lowest BCUT2D eigenvalue weighted by atomic mass is 10.1. The number of nitrogens with zero attached hydrogens (tertiary/aromatic N) is 3. The standard InChI is InChI=1S/C16H11F3N4O/c17-16(18,19)12-6-2-1-5-11(12)15(24)21-13-7-3-4-8-14(13)23-10-9-20-22-23/h1-10H,(H,21,24). The first kappa shape index (κ1) is 15.7. The molecule has 24 heavy (non-hydrogen) atoms. The predicted octanol–water partition coefficient (Wildman–Crippen LogP) is 3.54. The van der Waals surface area contributed by atoms with Gasteiger partial charge in [-0.25, -0.2) is 4.68 Å². The van der Waals surface area contributed by atoms with Crippen LogP contribution in [0.5, 0.6) is 0 Å². The van der Waals surface area contributed by atoms with E-state index in [0.717, 1.165) is 12.1 Å². The Morgan fingerprint density at radius 1 is 1.04 bits per heavy atom. The van der Waals surface area contributed by atoms with Crippen molar-refractivity contribution in [1.82, 2.24) is 15.0 Å². The van der Waals surface area contributed by atoms with Crippen LogP contribution in [0.25, 0.3) is 5.69 Å². The summed E-state index contributed by atoms with van der Waals surface area (Å²) in [5.41, 5.74) is -0.614. The number of amides is 1. The molecular formula is C16H11F3N4O. The number of rotatable bonds is 3. The molecule has 0 unspecified atom stereocenters. The fraction of sp³-hybridized carbons (Fsp3) is 0.0625. The fourth-order valence-electron chi connectivity index (χ4n) is 2.23. The Labute approximate surface area is 134 Å². The van der Waals surface area contributed by atoms with Gasteiger partial charge in [-0.05, 0) is 24.3 Å². The Balaban J connectivity index is 1.95. The minimum absolute atomic E-state index is 0.324. The van der Waals surface area contributed by atoms with E-state index in [0.29, 0.717) is 11.4 Å². The van der Waals surface area contributed by atoms with Crippen LogP contribution in [0.2, 0.25) is 0 Å². The number of carbonyl (C=O) groups is 1. The van der Waals surface area contributed by atoms with Gasteiger partial charge in [-0.3, -0.25) is 4.79 Å². The van der Waals surface area contributed by atoms with Crippen molar-refractivity contribution in [3.63, 3.8) is 0 Å². The maximum Gasteiger partial charge on any atom is 0.417 e. The topological polar surface area (TPSA) is 59.8 Å². The summed E-state index contributed by atoms with van der Waals surface area (Å²) < 4.78 is 40.6. The van der Waals surface area contributed by atoms with Crippen LogP contribution < -0.4 is 5.32 Å². The van der Waals surface area contributed by atoms with Gasteiger partial charge in [-0.2, -0.15) is 13.2 Å². The van der Waals surface area contributed by atoms with Crippen molar-refractivity contribution in [1.29, 1.82) is 0 Å². The SMILES string of the molecule is O=C(Nc1ccccc1-n1ccnn1)c1ccccc1C(F)(F)F. The van der Waals surface area contributed by atoms with Gasteiger partial charge < -0.3 is 5.32 Å². The molecule has 3 aromatic rings. The molecule has 0 aliphatic heterocycles. The summed E-state index contributed by atoms with van der Waals surface area (Å²) >= 11 is 0. The first-order valence-corrected chi connectivity index (χ1v) is 6.90. The third-order valence-electron chi connectivity index (χ3n) is 3.30. The van der Waals surface area contributed by atoms with Crippen molar-refractivity contribution < 1.29 is 18.0 Å². The molecule has 1 heterocycles. The highest BCUT2D eigenvalue weighted by molar-refractivity contribution is 6.06. The number of benzene rings is 2. The number of aromatic nitrogens is 3. The molecule has 0 fully saturated rings. The Morgan fingerprint density at radius 3 is 2.46 bits per heavy atom. The molecule has 1 aromatic heterocycles. The summed E-state index contributed by atoms with van der Waals surface area (Å²) in [5.74, 6) is -0.851. The molecule has 122 valence electrons. The molecule has 0 aliphatic carbocycles. The molecule has 1 N–H and O–H groups in total. The molecule has 3 rings (SSSR count). The highest BCUT2D eigenvalue weighted by atomic mass is 19.4. The number of para-hydroxylation sites is 2. The number of hydrogen-bond donors (Lipinski definition) is 1. The molecule has 0 saturated heterocycles. The van der Waals surface area contributed by atoms with Gasteiger partial charge in [0, 0.05) is 0 Å². The van der Waals surface area contributed by atoms with Crippen LogP contribution in [0.1, 0.15) is 15.9 Å². The Hall–Kier alpha value is -3.16. The van der Waals surface area contributed by atoms with Crippen molar-refractivity contribution in [2.45, 2.75) is 6.18 Å². The van der Waals surface area contributed by atoms with Crippen LogP contribution in [0.3, 0.4) is 0 Å². The zero-order chi connectivity index (χ0) is 17.2. The van der Waals surface area contributed by atoms with Crippen LogP contribution in [0.15, 0.2) is 60.9 Å². The van der Waals surface area contributed by atoms with E-state index in [2.05, 4.69) is 15.6 Å². The average Bonchev–Trinajstić information content (AvgIpc) is 3.09. The molecule has 0 atom stereocenters. The largest absolute Gasteiger partial charge is 0.417 e. The second-order valence-electron chi connectivity index (χ2n) is 4.86. The van der Waals surface area contributed by atoms with Gasteiger partial charge in [-0.15, -0.1) is 5.10 Å². The number of nitrogens with one attached hydrogen (secondary N) is 1. The number of carbonyl (C=O) groups excluding carboxylic acids is 1. The lowest BCUT2D eigenvalue weighted by Gasteiger charge is -2.14. The van der Waals surface area contributed by atoms with Crippen molar-refractivity contribution in [3.8, 4) is 5.69 Å². The zero-order valence-electron chi connectivity index (χ0n) is 12.2. The van der Waals surface area contributed by atoms with Gasteiger partial charge >= 0.3 is 6.18 Å². The van der Waals surface area contributed by atoms with E-state index in [1.807, 2.05) is 0 Å². The maximum absolute atomic E-state index is 13.0. The van der Waals surface area contributed by atoms with Crippen LogP contribution in [0, 0.1) is 0 Å². The summed E-state index contributed by atoms with van der Waals surface area (Å²) in [6, 6.07) is 11.2. The van der Waals surface area contributed by atoms with Crippen LogP contribution in [-0.2, 0) is 6.18 Å². The second-order valence-corrected chi connectivity index (χ2v) is 4.86. The quantitative estimate of drug-likeness (QED) is 0.798. The minimum Gasteiger partial charge on any atom is -0.320 e. The summed E-state index contributed by atoms with van der Waals surface area (Å²) in [6.07, 6.45) is -1.59. The number of halogens is 3. The Kier molecular flexibility index (Phi) is 4.03. The third-order valence-corrected chi connectivity index (χ3v) is 3.30. The normalized spacial score (nSPS) is 11.3. The lowest BCUT2D eigenvalue weighted by molar-refractivity contribution is -0.137. The van der Waals surface area contributed by atoms with Crippen LogP contribution in [0.4, 0.5) is 18.9 Å². The van der Waals surface area contributed by atoms with E-state index in [4.69, 9.17) is 0 Å². The average molecular weight is 332 g/mol. The van der Waals surface area contributed by atoms with E-state index in [1.165, 1.54) is 23.0 Å². The highest BCUT2D eigenvalue weighted by Gasteiger charge is 2.34. The summed E-state index contributed by atoms with van der Waals surface area (Å²) in [7, 11) is 0. The summed E-state index contributed by atoms with van der Waals surface area (Å²) in [5, 5.41) is 9.99. The van der Waals surface area contributed by atoms with Crippen LogP contribution in [-0.4, -0.2) is 20.9 Å².